The highest BCUT2D eigenvalue weighted by atomic mass is 16.3. The van der Waals surface area contributed by atoms with Gasteiger partial charge in [0.25, 0.3) is 0 Å². The van der Waals surface area contributed by atoms with Gasteiger partial charge in [-0.1, -0.05) is 30.3 Å². The summed E-state index contributed by atoms with van der Waals surface area (Å²) in [6.07, 6.45) is 1.62. The van der Waals surface area contributed by atoms with Crippen molar-refractivity contribution in [2.24, 2.45) is 4.99 Å². The Morgan fingerprint density at radius 1 is 0.850 bits per heavy atom. The van der Waals surface area contributed by atoms with Gasteiger partial charge in [-0.25, -0.2) is 0 Å². The molecule has 3 nitrogen and oxygen atoms in total. The van der Waals surface area contributed by atoms with Gasteiger partial charge in [0.2, 0.25) is 0 Å². The average molecular weight is 263 g/mol. The lowest BCUT2D eigenvalue weighted by Gasteiger charge is -2.05. The summed E-state index contributed by atoms with van der Waals surface area (Å²) in [6, 6.07) is 18.0. The molecule has 3 rings (SSSR count). The molecule has 0 aliphatic carbocycles. The van der Waals surface area contributed by atoms with E-state index < -0.39 is 0 Å². The fourth-order valence-corrected chi connectivity index (χ4v) is 2.11. The summed E-state index contributed by atoms with van der Waals surface area (Å²) in [7, 11) is 0. The van der Waals surface area contributed by atoms with Crippen molar-refractivity contribution in [2.75, 3.05) is 0 Å². The van der Waals surface area contributed by atoms with E-state index in [1.165, 1.54) is 0 Å². The fraction of sp³-hybridized carbons (Fsp3) is 0. The van der Waals surface area contributed by atoms with Crippen molar-refractivity contribution in [3.63, 3.8) is 0 Å². The monoisotopic (exact) mass is 263 g/mol. The van der Waals surface area contributed by atoms with E-state index in [1.807, 2.05) is 42.5 Å². The van der Waals surface area contributed by atoms with Crippen molar-refractivity contribution in [1.82, 2.24) is 0 Å². The van der Waals surface area contributed by atoms with Gasteiger partial charge >= 0.3 is 0 Å². The number of hydrogen-bond donors (Lipinski definition) is 2. The second-order valence-corrected chi connectivity index (χ2v) is 4.50. The fourth-order valence-electron chi connectivity index (χ4n) is 2.11. The van der Waals surface area contributed by atoms with Crippen LogP contribution in [0.2, 0.25) is 0 Å². The number of nitrogens with zero attached hydrogens (tertiary/aromatic N) is 1. The van der Waals surface area contributed by atoms with Gasteiger partial charge in [-0.15, -0.1) is 0 Å². The number of para-hydroxylation sites is 1. The van der Waals surface area contributed by atoms with Crippen LogP contribution in [0.3, 0.4) is 0 Å². The summed E-state index contributed by atoms with van der Waals surface area (Å²) in [5, 5.41) is 21.3. The van der Waals surface area contributed by atoms with Gasteiger partial charge in [0.05, 0.1) is 5.69 Å². The number of aliphatic imine (C=N–C) groups is 1. The summed E-state index contributed by atoms with van der Waals surface area (Å²) in [6.45, 7) is 0. The van der Waals surface area contributed by atoms with Crippen molar-refractivity contribution in [1.29, 1.82) is 0 Å². The van der Waals surface area contributed by atoms with Crippen LogP contribution in [0.25, 0.3) is 10.8 Å². The van der Waals surface area contributed by atoms with E-state index in [2.05, 4.69) is 4.99 Å². The predicted octanol–water partition coefficient (Wildman–Crippen LogP) is 4.00. The smallest absolute Gasteiger partial charge is 0.124 e. The Labute approximate surface area is 116 Å². The second kappa shape index (κ2) is 5.05. The van der Waals surface area contributed by atoms with Crippen LogP contribution in [0, 0.1) is 0 Å². The molecule has 0 amide bonds. The molecule has 98 valence electrons. The van der Waals surface area contributed by atoms with Crippen LogP contribution >= 0.6 is 0 Å². The molecule has 0 bridgehead atoms. The standard InChI is InChI=1S/C17H13NO2/c19-14-8-6-12-7-9-17(20)16(15(12)10-14)11-18-13-4-2-1-3-5-13/h1-11,19-20H/b18-11+. The van der Waals surface area contributed by atoms with Gasteiger partial charge in [-0.2, -0.15) is 0 Å². The molecular formula is C17H13NO2. The van der Waals surface area contributed by atoms with Crippen molar-refractivity contribution in [3.05, 3.63) is 66.2 Å². The molecule has 0 spiro atoms. The molecule has 3 heteroatoms. The SMILES string of the molecule is Oc1ccc2ccc(O)c(/C=N/c3ccccc3)c2c1. The Bertz CT molecular complexity index is 774. The zero-order valence-corrected chi connectivity index (χ0v) is 10.7. The van der Waals surface area contributed by atoms with Crippen molar-refractivity contribution < 1.29 is 10.2 Å². The lowest BCUT2D eigenvalue weighted by Crippen LogP contribution is -1.86. The maximum Gasteiger partial charge on any atom is 0.124 e. The second-order valence-electron chi connectivity index (χ2n) is 4.50. The maximum atomic E-state index is 10.0. The molecule has 0 unspecified atom stereocenters. The first-order valence-electron chi connectivity index (χ1n) is 6.28. The number of phenolic OH excluding ortho intramolecular Hbond substituents is 2. The molecular weight excluding hydrogens is 250 g/mol. The lowest BCUT2D eigenvalue weighted by atomic mass is 10.0. The number of benzene rings is 3. The highest BCUT2D eigenvalue weighted by molar-refractivity contribution is 6.03. The predicted molar refractivity (Wildman–Crippen MR) is 81.0 cm³/mol. The third kappa shape index (κ3) is 2.34. The zero-order chi connectivity index (χ0) is 13.9. The van der Waals surface area contributed by atoms with Crippen molar-refractivity contribution >= 4 is 22.7 Å². The van der Waals surface area contributed by atoms with E-state index in [-0.39, 0.29) is 11.5 Å². The van der Waals surface area contributed by atoms with Gasteiger partial charge in [-0.05, 0) is 41.1 Å². The van der Waals surface area contributed by atoms with Gasteiger partial charge in [0.1, 0.15) is 11.5 Å². The van der Waals surface area contributed by atoms with Crippen LogP contribution in [0.4, 0.5) is 5.69 Å². The first kappa shape index (κ1) is 12.2. The van der Waals surface area contributed by atoms with E-state index >= 15 is 0 Å². The quantitative estimate of drug-likeness (QED) is 0.686. The van der Waals surface area contributed by atoms with E-state index in [1.54, 1.807) is 24.4 Å². The summed E-state index contributed by atoms with van der Waals surface area (Å²) in [5.74, 6) is 0.306. The molecule has 0 fully saturated rings. The van der Waals surface area contributed by atoms with Crippen LogP contribution in [0.1, 0.15) is 5.56 Å². The van der Waals surface area contributed by atoms with E-state index in [9.17, 15) is 10.2 Å². The van der Waals surface area contributed by atoms with E-state index in [0.29, 0.717) is 5.56 Å². The highest BCUT2D eigenvalue weighted by Crippen LogP contribution is 2.29. The minimum atomic E-state index is 0.141. The van der Waals surface area contributed by atoms with Gasteiger partial charge in [0, 0.05) is 11.8 Å². The summed E-state index contributed by atoms with van der Waals surface area (Å²) < 4.78 is 0. The number of fused-ring (bicyclic) bond motifs is 1. The largest absolute Gasteiger partial charge is 0.508 e. The minimum absolute atomic E-state index is 0.141. The Hall–Kier alpha value is -2.81. The van der Waals surface area contributed by atoms with Gasteiger partial charge < -0.3 is 10.2 Å². The molecule has 0 atom stereocenters. The Balaban J connectivity index is 2.13. The average Bonchev–Trinajstić information content (AvgIpc) is 2.47. The summed E-state index contributed by atoms with van der Waals surface area (Å²) in [5.41, 5.74) is 1.41. The molecule has 0 radical (unpaired) electrons. The van der Waals surface area contributed by atoms with Gasteiger partial charge in [0.15, 0.2) is 0 Å². The van der Waals surface area contributed by atoms with Crippen molar-refractivity contribution in [3.8, 4) is 11.5 Å². The van der Waals surface area contributed by atoms with Gasteiger partial charge in [-0.3, -0.25) is 4.99 Å². The highest BCUT2D eigenvalue weighted by Gasteiger charge is 2.05. The normalized spacial score (nSPS) is 11.2. The molecule has 0 aliphatic heterocycles. The molecule has 0 heterocycles. The number of hydrogen-bond acceptors (Lipinski definition) is 3. The molecule has 2 N–H and O–H groups in total. The lowest BCUT2D eigenvalue weighted by molar-refractivity contribution is 0.474. The number of rotatable bonds is 2. The van der Waals surface area contributed by atoms with E-state index in [4.69, 9.17) is 0 Å². The third-order valence-corrected chi connectivity index (χ3v) is 3.12. The Morgan fingerprint density at radius 3 is 2.40 bits per heavy atom. The number of phenols is 2. The molecule has 3 aromatic rings. The maximum absolute atomic E-state index is 10.0. The zero-order valence-electron chi connectivity index (χ0n) is 10.7. The minimum Gasteiger partial charge on any atom is -0.508 e. The molecule has 0 aromatic heterocycles. The Morgan fingerprint density at radius 2 is 1.60 bits per heavy atom. The third-order valence-electron chi connectivity index (χ3n) is 3.12. The topological polar surface area (TPSA) is 52.8 Å². The van der Waals surface area contributed by atoms with Crippen LogP contribution in [0.15, 0.2) is 65.7 Å². The summed E-state index contributed by atoms with van der Waals surface area (Å²) in [4.78, 5) is 4.35. The summed E-state index contributed by atoms with van der Waals surface area (Å²) >= 11 is 0. The molecule has 0 saturated heterocycles. The van der Waals surface area contributed by atoms with Crippen LogP contribution in [0.5, 0.6) is 11.5 Å². The first-order chi connectivity index (χ1) is 9.74. The van der Waals surface area contributed by atoms with Crippen LogP contribution in [-0.4, -0.2) is 16.4 Å². The van der Waals surface area contributed by atoms with Crippen LogP contribution in [-0.2, 0) is 0 Å². The van der Waals surface area contributed by atoms with E-state index in [0.717, 1.165) is 16.5 Å². The molecule has 0 saturated carbocycles. The Kier molecular flexibility index (Phi) is 3.09. The number of aromatic hydroxyl groups is 2. The first-order valence-corrected chi connectivity index (χ1v) is 6.28. The van der Waals surface area contributed by atoms with Crippen molar-refractivity contribution in [2.45, 2.75) is 0 Å². The molecule has 3 aromatic carbocycles. The molecule has 0 aliphatic rings. The van der Waals surface area contributed by atoms with Crippen LogP contribution < -0.4 is 0 Å². The molecule has 20 heavy (non-hydrogen) atoms.